The molecule has 18 heavy (non-hydrogen) atoms. The van der Waals surface area contributed by atoms with Gasteiger partial charge in [0.15, 0.2) is 0 Å². The first-order valence-electron chi connectivity index (χ1n) is 5.97. The van der Waals surface area contributed by atoms with E-state index in [1.165, 1.54) is 0 Å². The lowest BCUT2D eigenvalue weighted by Gasteiger charge is -2.12. The van der Waals surface area contributed by atoms with Crippen LogP contribution in [0.15, 0.2) is 36.9 Å². The molecule has 4 heteroatoms. The zero-order valence-corrected chi connectivity index (χ0v) is 11.5. The highest BCUT2D eigenvalue weighted by Gasteiger charge is 2.14. The van der Waals surface area contributed by atoms with Crippen LogP contribution in [0.4, 0.5) is 5.69 Å². The second-order valence-electron chi connectivity index (χ2n) is 4.05. The summed E-state index contributed by atoms with van der Waals surface area (Å²) in [6.45, 7) is 6.22. The van der Waals surface area contributed by atoms with Crippen LogP contribution in [0, 0.1) is 0 Å². The van der Waals surface area contributed by atoms with Crippen LogP contribution in [0.25, 0.3) is 0 Å². The highest BCUT2D eigenvalue weighted by molar-refractivity contribution is 7.99. The summed E-state index contributed by atoms with van der Waals surface area (Å²) >= 11 is 1.75. The third kappa shape index (κ3) is 4.84. The fourth-order valence-electron chi connectivity index (χ4n) is 1.55. The van der Waals surface area contributed by atoms with Crippen molar-refractivity contribution < 1.29 is 4.79 Å². The summed E-state index contributed by atoms with van der Waals surface area (Å²) in [4.78, 5) is 11.9. The van der Waals surface area contributed by atoms with Gasteiger partial charge in [-0.1, -0.05) is 18.2 Å². The second kappa shape index (κ2) is 7.82. The summed E-state index contributed by atoms with van der Waals surface area (Å²) in [5, 5.41) is 2.92. The average molecular weight is 264 g/mol. The molecule has 98 valence electrons. The predicted octanol–water partition coefficient (Wildman–Crippen LogP) is 2.41. The van der Waals surface area contributed by atoms with E-state index in [0.717, 1.165) is 17.1 Å². The Hall–Kier alpha value is -1.42. The molecule has 0 aliphatic carbocycles. The molecule has 0 saturated carbocycles. The minimum atomic E-state index is -0.169. The highest BCUT2D eigenvalue weighted by atomic mass is 32.2. The number of nitrogens with one attached hydrogen (secondary N) is 1. The minimum absolute atomic E-state index is 0.0415. The van der Waals surface area contributed by atoms with Crippen molar-refractivity contribution >= 4 is 23.4 Å². The minimum Gasteiger partial charge on any atom is -0.399 e. The number of hydrogen-bond acceptors (Lipinski definition) is 3. The summed E-state index contributed by atoms with van der Waals surface area (Å²) in [6, 6.07) is 7.46. The third-order valence-electron chi connectivity index (χ3n) is 2.59. The number of anilines is 1. The SMILES string of the molecule is C=CCSCCNC(=O)C(C)c1cccc(N)c1. The lowest BCUT2D eigenvalue weighted by molar-refractivity contribution is -0.122. The number of carbonyl (C=O) groups is 1. The van der Waals surface area contributed by atoms with Crippen molar-refractivity contribution in [1.82, 2.24) is 5.32 Å². The van der Waals surface area contributed by atoms with Crippen LogP contribution in [0.1, 0.15) is 18.4 Å². The van der Waals surface area contributed by atoms with Gasteiger partial charge in [0.05, 0.1) is 5.92 Å². The van der Waals surface area contributed by atoms with Crippen molar-refractivity contribution in [2.75, 3.05) is 23.8 Å². The zero-order chi connectivity index (χ0) is 13.4. The summed E-state index contributed by atoms with van der Waals surface area (Å²) < 4.78 is 0. The van der Waals surface area contributed by atoms with Gasteiger partial charge in [-0.25, -0.2) is 0 Å². The predicted molar refractivity (Wildman–Crippen MR) is 79.8 cm³/mol. The van der Waals surface area contributed by atoms with Crippen LogP contribution in [0.3, 0.4) is 0 Å². The highest BCUT2D eigenvalue weighted by Crippen LogP contribution is 2.17. The van der Waals surface area contributed by atoms with Crippen molar-refractivity contribution in [2.24, 2.45) is 0 Å². The Kier molecular flexibility index (Phi) is 6.36. The van der Waals surface area contributed by atoms with Gasteiger partial charge in [-0.15, -0.1) is 6.58 Å². The van der Waals surface area contributed by atoms with E-state index in [1.54, 1.807) is 11.8 Å². The lowest BCUT2D eigenvalue weighted by atomic mass is 10.00. The van der Waals surface area contributed by atoms with Crippen molar-refractivity contribution in [1.29, 1.82) is 0 Å². The summed E-state index contributed by atoms with van der Waals surface area (Å²) in [5.74, 6) is 1.69. The van der Waals surface area contributed by atoms with E-state index in [0.29, 0.717) is 12.2 Å². The molecule has 3 N–H and O–H groups in total. The molecule has 1 aromatic rings. The Labute approximate surface area is 113 Å². The van der Waals surface area contributed by atoms with E-state index < -0.39 is 0 Å². The van der Waals surface area contributed by atoms with Crippen molar-refractivity contribution in [3.05, 3.63) is 42.5 Å². The third-order valence-corrected chi connectivity index (χ3v) is 3.55. The van der Waals surface area contributed by atoms with Gasteiger partial charge < -0.3 is 11.1 Å². The van der Waals surface area contributed by atoms with Gasteiger partial charge >= 0.3 is 0 Å². The summed E-state index contributed by atoms with van der Waals surface area (Å²) in [7, 11) is 0. The fraction of sp³-hybridized carbons (Fsp3) is 0.357. The molecule has 0 fully saturated rings. The number of nitrogens with two attached hydrogens (primary N) is 1. The van der Waals surface area contributed by atoms with E-state index in [4.69, 9.17) is 5.73 Å². The van der Waals surface area contributed by atoms with Gasteiger partial charge in [-0.05, 0) is 24.6 Å². The van der Waals surface area contributed by atoms with E-state index in [9.17, 15) is 4.79 Å². The molecular formula is C14H20N2OS. The van der Waals surface area contributed by atoms with Gasteiger partial charge in [-0.3, -0.25) is 4.79 Å². The van der Waals surface area contributed by atoms with Crippen LogP contribution >= 0.6 is 11.8 Å². The molecule has 1 rings (SSSR count). The molecular weight excluding hydrogens is 244 g/mol. The Bertz CT molecular complexity index is 407. The zero-order valence-electron chi connectivity index (χ0n) is 10.7. The van der Waals surface area contributed by atoms with Gasteiger partial charge in [0.2, 0.25) is 5.91 Å². The Balaban J connectivity index is 2.39. The van der Waals surface area contributed by atoms with E-state index in [-0.39, 0.29) is 11.8 Å². The molecule has 0 heterocycles. The standard InChI is InChI=1S/C14H20N2OS/c1-3-8-18-9-7-16-14(17)11(2)12-5-4-6-13(15)10-12/h3-6,10-11H,1,7-9,15H2,2H3,(H,16,17). The summed E-state index contributed by atoms with van der Waals surface area (Å²) in [6.07, 6.45) is 1.86. The summed E-state index contributed by atoms with van der Waals surface area (Å²) in [5.41, 5.74) is 7.35. The number of rotatable bonds is 7. The van der Waals surface area contributed by atoms with Crippen molar-refractivity contribution in [2.45, 2.75) is 12.8 Å². The number of hydrogen-bond donors (Lipinski definition) is 2. The Morgan fingerprint density at radius 3 is 3.06 bits per heavy atom. The molecule has 0 radical (unpaired) electrons. The first-order chi connectivity index (χ1) is 8.65. The number of amides is 1. The van der Waals surface area contributed by atoms with Crippen molar-refractivity contribution in [3.63, 3.8) is 0 Å². The number of benzene rings is 1. The average Bonchev–Trinajstić information content (AvgIpc) is 2.37. The lowest BCUT2D eigenvalue weighted by Crippen LogP contribution is -2.29. The van der Waals surface area contributed by atoms with Gasteiger partial charge in [0, 0.05) is 23.7 Å². The smallest absolute Gasteiger partial charge is 0.227 e. The fourth-order valence-corrected chi connectivity index (χ4v) is 2.13. The maximum absolute atomic E-state index is 11.9. The Morgan fingerprint density at radius 1 is 1.61 bits per heavy atom. The van der Waals surface area contributed by atoms with Gasteiger partial charge in [0.1, 0.15) is 0 Å². The molecule has 3 nitrogen and oxygen atoms in total. The first-order valence-corrected chi connectivity index (χ1v) is 7.12. The number of nitrogen functional groups attached to an aromatic ring is 1. The van der Waals surface area contributed by atoms with Crippen LogP contribution in [0.5, 0.6) is 0 Å². The van der Waals surface area contributed by atoms with Crippen LogP contribution < -0.4 is 11.1 Å². The van der Waals surface area contributed by atoms with Crippen LogP contribution in [-0.2, 0) is 4.79 Å². The maximum atomic E-state index is 11.9. The first kappa shape index (κ1) is 14.6. The topological polar surface area (TPSA) is 55.1 Å². The molecule has 0 spiro atoms. The van der Waals surface area contributed by atoms with Crippen molar-refractivity contribution in [3.8, 4) is 0 Å². The van der Waals surface area contributed by atoms with Crippen LogP contribution in [-0.4, -0.2) is 24.0 Å². The quantitative estimate of drug-likeness (QED) is 0.452. The molecule has 1 atom stereocenters. The molecule has 0 aromatic heterocycles. The monoisotopic (exact) mass is 264 g/mol. The normalized spacial score (nSPS) is 11.8. The van der Waals surface area contributed by atoms with E-state index in [1.807, 2.05) is 37.3 Å². The number of carbonyl (C=O) groups excluding carboxylic acids is 1. The van der Waals surface area contributed by atoms with E-state index in [2.05, 4.69) is 11.9 Å². The molecule has 0 saturated heterocycles. The molecule has 1 amide bonds. The van der Waals surface area contributed by atoms with Gasteiger partial charge in [-0.2, -0.15) is 11.8 Å². The molecule has 1 aromatic carbocycles. The maximum Gasteiger partial charge on any atom is 0.227 e. The molecule has 0 aliphatic rings. The second-order valence-corrected chi connectivity index (χ2v) is 5.20. The number of thioether (sulfide) groups is 1. The Morgan fingerprint density at radius 2 is 2.39 bits per heavy atom. The van der Waals surface area contributed by atoms with Gasteiger partial charge in [0.25, 0.3) is 0 Å². The molecule has 0 aliphatic heterocycles. The van der Waals surface area contributed by atoms with E-state index >= 15 is 0 Å². The molecule has 0 bridgehead atoms. The largest absolute Gasteiger partial charge is 0.399 e. The molecule has 1 unspecified atom stereocenters. The van der Waals surface area contributed by atoms with Crippen LogP contribution in [0.2, 0.25) is 0 Å².